The molecule has 0 bridgehead atoms. The summed E-state index contributed by atoms with van der Waals surface area (Å²) in [6.45, 7) is 2.16. The highest BCUT2D eigenvalue weighted by Crippen LogP contribution is 2.34. The van der Waals surface area contributed by atoms with Gasteiger partial charge in [-0.1, -0.05) is 58.2 Å². The number of aromatic nitrogens is 2. The number of carboxylic acids is 1. The predicted molar refractivity (Wildman–Crippen MR) is 145 cm³/mol. The molecule has 7 nitrogen and oxygen atoms in total. The average molecular weight is 589 g/mol. The summed E-state index contributed by atoms with van der Waals surface area (Å²) < 4.78 is 7.85. The highest BCUT2D eigenvalue weighted by Gasteiger charge is 2.13. The lowest BCUT2D eigenvalue weighted by molar-refractivity contribution is 0.0697. The lowest BCUT2D eigenvalue weighted by Gasteiger charge is -2.11. The van der Waals surface area contributed by atoms with Crippen LogP contribution in [0.5, 0.6) is 5.75 Å². The van der Waals surface area contributed by atoms with Crippen LogP contribution in [0.4, 0.5) is 0 Å². The van der Waals surface area contributed by atoms with Gasteiger partial charge < -0.3 is 9.84 Å². The third-order valence-electron chi connectivity index (χ3n) is 5.28. The second-order valence-electron chi connectivity index (χ2n) is 7.91. The van der Waals surface area contributed by atoms with E-state index < -0.39 is 5.97 Å². The number of hydrogen-bond acceptors (Lipinski definition) is 5. The summed E-state index contributed by atoms with van der Waals surface area (Å²) in [4.78, 5) is 28.8. The van der Waals surface area contributed by atoms with Gasteiger partial charge in [0, 0.05) is 10.9 Å². The first-order valence-corrected chi connectivity index (χ1v) is 12.5. The molecule has 0 aliphatic heterocycles. The molecule has 3 aromatic carbocycles. The van der Waals surface area contributed by atoms with Crippen molar-refractivity contribution in [2.45, 2.75) is 26.4 Å². The van der Waals surface area contributed by atoms with E-state index in [1.165, 1.54) is 23.0 Å². The summed E-state index contributed by atoms with van der Waals surface area (Å²) in [6, 6.07) is 15.0. The number of carboxylic acid groups (broad SMARTS) is 1. The molecule has 0 fully saturated rings. The van der Waals surface area contributed by atoms with E-state index in [2.05, 4.69) is 26.0 Å². The van der Waals surface area contributed by atoms with Crippen molar-refractivity contribution in [3.63, 3.8) is 0 Å². The Morgan fingerprint density at radius 1 is 1.14 bits per heavy atom. The van der Waals surface area contributed by atoms with Crippen molar-refractivity contribution in [3.05, 3.63) is 102 Å². The van der Waals surface area contributed by atoms with E-state index >= 15 is 0 Å². The molecule has 0 atom stereocenters. The molecule has 10 heteroatoms. The SMILES string of the molecule is CCCc1nc2ccc(Br)cc2c(=O)n1N=Cc1cc(Cl)c(OCc2ccc(C(=O)O)cc2)c(Cl)c1. The number of hydrogen-bond donors (Lipinski definition) is 1. The number of fused-ring (bicyclic) bond motifs is 1. The number of ether oxygens (including phenoxy) is 1. The number of aromatic carboxylic acids is 1. The van der Waals surface area contributed by atoms with Gasteiger partial charge in [0.2, 0.25) is 0 Å². The van der Waals surface area contributed by atoms with E-state index in [-0.39, 0.29) is 27.8 Å². The Morgan fingerprint density at radius 2 is 1.83 bits per heavy atom. The van der Waals surface area contributed by atoms with E-state index in [1.807, 2.05) is 13.0 Å². The molecule has 184 valence electrons. The van der Waals surface area contributed by atoms with Crippen molar-refractivity contribution in [2.24, 2.45) is 5.10 Å². The van der Waals surface area contributed by atoms with Crippen LogP contribution in [-0.4, -0.2) is 27.0 Å². The summed E-state index contributed by atoms with van der Waals surface area (Å²) in [5.41, 5.74) is 1.87. The van der Waals surface area contributed by atoms with Gasteiger partial charge in [0.1, 0.15) is 12.4 Å². The molecule has 36 heavy (non-hydrogen) atoms. The van der Waals surface area contributed by atoms with Gasteiger partial charge in [0.05, 0.1) is 32.7 Å². The van der Waals surface area contributed by atoms with Crippen LogP contribution in [0.2, 0.25) is 10.0 Å². The number of rotatable bonds is 8. The maximum Gasteiger partial charge on any atom is 0.335 e. The van der Waals surface area contributed by atoms with Crippen LogP contribution in [0, 0.1) is 0 Å². The van der Waals surface area contributed by atoms with Crippen LogP contribution in [0.3, 0.4) is 0 Å². The third-order valence-corrected chi connectivity index (χ3v) is 6.33. The fourth-order valence-corrected chi connectivity index (χ4v) is 4.49. The van der Waals surface area contributed by atoms with Crippen molar-refractivity contribution >= 4 is 62.2 Å². The number of carbonyl (C=O) groups is 1. The molecule has 0 unspecified atom stereocenters. The summed E-state index contributed by atoms with van der Waals surface area (Å²) in [5.74, 6) is -0.152. The summed E-state index contributed by atoms with van der Waals surface area (Å²) in [6.07, 6.45) is 2.88. The van der Waals surface area contributed by atoms with Gasteiger partial charge in [-0.05, 0) is 60.0 Å². The number of halogens is 3. The van der Waals surface area contributed by atoms with Gasteiger partial charge in [-0.2, -0.15) is 9.78 Å². The Morgan fingerprint density at radius 3 is 2.47 bits per heavy atom. The van der Waals surface area contributed by atoms with Gasteiger partial charge >= 0.3 is 5.97 Å². The molecule has 0 spiro atoms. The Hall–Kier alpha value is -3.20. The maximum atomic E-state index is 13.1. The van der Waals surface area contributed by atoms with Crippen LogP contribution < -0.4 is 10.3 Å². The Balaban J connectivity index is 1.60. The second kappa shape index (κ2) is 11.2. The molecule has 0 saturated heterocycles. The van der Waals surface area contributed by atoms with Crippen molar-refractivity contribution < 1.29 is 14.6 Å². The molecule has 4 rings (SSSR count). The van der Waals surface area contributed by atoms with E-state index in [9.17, 15) is 9.59 Å². The zero-order valence-corrected chi connectivity index (χ0v) is 22.1. The minimum atomic E-state index is -0.998. The van der Waals surface area contributed by atoms with Crippen LogP contribution in [0.1, 0.15) is 40.7 Å². The third kappa shape index (κ3) is 5.78. The van der Waals surface area contributed by atoms with E-state index in [0.29, 0.717) is 34.5 Å². The molecule has 1 aromatic heterocycles. The first-order valence-electron chi connectivity index (χ1n) is 11.0. The van der Waals surface area contributed by atoms with Crippen molar-refractivity contribution in [3.8, 4) is 5.75 Å². The molecule has 1 heterocycles. The fraction of sp³-hybridized carbons (Fsp3) is 0.154. The highest BCUT2D eigenvalue weighted by atomic mass is 79.9. The second-order valence-corrected chi connectivity index (χ2v) is 9.64. The Bertz CT molecular complexity index is 1510. The molecule has 0 aliphatic rings. The first-order chi connectivity index (χ1) is 17.3. The predicted octanol–water partition coefficient (Wildman–Crippen LogP) is 6.58. The molecular formula is C26H20BrCl2N3O4. The Labute approximate surface area is 225 Å². The van der Waals surface area contributed by atoms with Crippen molar-refractivity contribution in [1.29, 1.82) is 0 Å². The fourth-order valence-electron chi connectivity index (χ4n) is 3.51. The van der Waals surface area contributed by atoms with E-state index in [4.69, 9.17) is 33.0 Å². The van der Waals surface area contributed by atoms with Gasteiger partial charge in [-0.15, -0.1) is 0 Å². The number of aryl methyl sites for hydroxylation is 1. The number of benzene rings is 3. The molecule has 0 amide bonds. The quantitative estimate of drug-likeness (QED) is 0.235. The zero-order chi connectivity index (χ0) is 25.8. The largest absolute Gasteiger partial charge is 0.486 e. The molecule has 0 aliphatic carbocycles. The zero-order valence-electron chi connectivity index (χ0n) is 19.0. The van der Waals surface area contributed by atoms with E-state index in [0.717, 1.165) is 16.5 Å². The summed E-state index contributed by atoms with van der Waals surface area (Å²) in [7, 11) is 0. The summed E-state index contributed by atoms with van der Waals surface area (Å²) >= 11 is 16.2. The lowest BCUT2D eigenvalue weighted by atomic mass is 10.1. The maximum absolute atomic E-state index is 13.1. The van der Waals surface area contributed by atoms with Crippen LogP contribution >= 0.6 is 39.1 Å². The molecule has 0 radical (unpaired) electrons. The standard InChI is InChI=1S/C26H20BrCl2N3O4/c1-2-3-23-31-22-9-8-18(27)12-19(22)25(33)32(23)30-13-16-10-20(28)24(21(29)11-16)36-14-15-4-6-17(7-5-15)26(34)35/h4-13H,2-3,14H2,1H3,(H,34,35). The Kier molecular flexibility index (Phi) is 8.08. The van der Waals surface area contributed by atoms with Gasteiger partial charge in [0.25, 0.3) is 5.56 Å². The topological polar surface area (TPSA) is 93.8 Å². The average Bonchev–Trinajstić information content (AvgIpc) is 2.84. The van der Waals surface area contributed by atoms with Gasteiger partial charge in [-0.3, -0.25) is 4.79 Å². The normalized spacial score (nSPS) is 11.3. The minimum absolute atomic E-state index is 0.154. The van der Waals surface area contributed by atoms with Crippen LogP contribution in [0.15, 0.2) is 69.0 Å². The summed E-state index contributed by atoms with van der Waals surface area (Å²) in [5, 5.41) is 14.4. The molecule has 4 aromatic rings. The molecule has 1 N–H and O–H groups in total. The van der Waals surface area contributed by atoms with Crippen LogP contribution in [-0.2, 0) is 13.0 Å². The highest BCUT2D eigenvalue weighted by molar-refractivity contribution is 9.10. The molecule has 0 saturated carbocycles. The van der Waals surface area contributed by atoms with Crippen molar-refractivity contribution in [1.82, 2.24) is 9.66 Å². The first kappa shape index (κ1) is 25.9. The number of nitrogens with zero attached hydrogens (tertiary/aromatic N) is 3. The van der Waals surface area contributed by atoms with Gasteiger partial charge in [-0.25, -0.2) is 9.78 Å². The monoisotopic (exact) mass is 587 g/mol. The van der Waals surface area contributed by atoms with E-state index in [1.54, 1.807) is 36.4 Å². The smallest absolute Gasteiger partial charge is 0.335 e. The van der Waals surface area contributed by atoms with Crippen molar-refractivity contribution in [2.75, 3.05) is 0 Å². The minimum Gasteiger partial charge on any atom is -0.486 e. The molecular weight excluding hydrogens is 569 g/mol. The lowest BCUT2D eigenvalue weighted by Crippen LogP contribution is -2.22. The van der Waals surface area contributed by atoms with Crippen LogP contribution in [0.25, 0.3) is 10.9 Å². The van der Waals surface area contributed by atoms with Gasteiger partial charge in [0.15, 0.2) is 5.75 Å².